The Morgan fingerprint density at radius 1 is 1.12 bits per heavy atom. The summed E-state index contributed by atoms with van der Waals surface area (Å²) in [5, 5.41) is 1.38. The molecule has 3 heterocycles. The average Bonchev–Trinajstić information content (AvgIpc) is 3.02. The molecule has 0 radical (unpaired) electrons. The van der Waals surface area contributed by atoms with E-state index >= 15 is 0 Å². The van der Waals surface area contributed by atoms with Crippen LogP contribution in [0.2, 0.25) is 0 Å². The number of aromatic nitrogens is 4. The van der Waals surface area contributed by atoms with E-state index in [0.29, 0.717) is 17.7 Å². The third-order valence-corrected chi connectivity index (χ3v) is 5.44. The number of halogens is 1. The van der Waals surface area contributed by atoms with Crippen molar-refractivity contribution < 1.29 is 0 Å². The van der Waals surface area contributed by atoms with E-state index in [1.165, 1.54) is 11.8 Å². The van der Waals surface area contributed by atoms with Gasteiger partial charge in [0, 0.05) is 29.2 Å². The minimum Gasteiger partial charge on any atom is -0.306 e. The zero-order chi connectivity index (χ0) is 17.4. The van der Waals surface area contributed by atoms with E-state index in [2.05, 4.69) is 25.9 Å². The van der Waals surface area contributed by atoms with Gasteiger partial charge in [-0.3, -0.25) is 9.36 Å². The molecule has 1 aromatic carbocycles. The van der Waals surface area contributed by atoms with E-state index in [4.69, 9.17) is 0 Å². The van der Waals surface area contributed by atoms with Gasteiger partial charge in [-0.25, -0.2) is 9.97 Å². The summed E-state index contributed by atoms with van der Waals surface area (Å²) >= 11 is 5.00. The maximum Gasteiger partial charge on any atom is 0.262 e. The van der Waals surface area contributed by atoms with Crippen LogP contribution < -0.4 is 5.56 Å². The molecule has 0 amide bonds. The van der Waals surface area contributed by atoms with E-state index in [9.17, 15) is 4.79 Å². The first-order chi connectivity index (χ1) is 12.2. The van der Waals surface area contributed by atoms with Crippen molar-refractivity contribution in [2.24, 2.45) is 0 Å². The summed E-state index contributed by atoms with van der Waals surface area (Å²) in [6.07, 6.45) is 3.98. The number of hydrogen-bond donors (Lipinski definition) is 0. The molecule has 126 valence electrons. The van der Waals surface area contributed by atoms with Crippen LogP contribution in [0.3, 0.4) is 0 Å². The summed E-state index contributed by atoms with van der Waals surface area (Å²) in [7, 11) is 0. The van der Waals surface area contributed by atoms with Crippen molar-refractivity contribution in [3.8, 4) is 0 Å². The van der Waals surface area contributed by atoms with Crippen molar-refractivity contribution in [1.82, 2.24) is 18.9 Å². The van der Waals surface area contributed by atoms with Gasteiger partial charge in [-0.2, -0.15) is 0 Å². The average molecular weight is 415 g/mol. The first-order valence-electron chi connectivity index (χ1n) is 7.91. The Labute approximate surface area is 156 Å². The molecule has 7 heteroatoms. The lowest BCUT2D eigenvalue weighted by Crippen LogP contribution is -2.22. The Balaban J connectivity index is 1.68. The maximum atomic E-state index is 12.7. The lowest BCUT2D eigenvalue weighted by molar-refractivity contribution is 0.634. The smallest absolute Gasteiger partial charge is 0.262 e. The quantitative estimate of drug-likeness (QED) is 0.372. The molecule has 0 aliphatic carbocycles. The summed E-state index contributed by atoms with van der Waals surface area (Å²) in [6, 6.07) is 11.4. The monoisotopic (exact) mass is 414 g/mol. The van der Waals surface area contributed by atoms with Gasteiger partial charge in [-0.15, -0.1) is 0 Å². The highest BCUT2D eigenvalue weighted by Crippen LogP contribution is 2.22. The van der Waals surface area contributed by atoms with Crippen LogP contribution in [0.15, 0.2) is 63.2 Å². The Kier molecular flexibility index (Phi) is 4.35. The van der Waals surface area contributed by atoms with E-state index < -0.39 is 0 Å². The van der Waals surface area contributed by atoms with Crippen molar-refractivity contribution in [2.45, 2.75) is 24.4 Å². The predicted octanol–water partition coefficient (Wildman–Crippen LogP) is 4.12. The minimum absolute atomic E-state index is 0.00883. The number of hydrogen-bond acceptors (Lipinski definition) is 4. The summed E-state index contributed by atoms with van der Waals surface area (Å²) < 4.78 is 4.72. The van der Waals surface area contributed by atoms with E-state index in [1.807, 2.05) is 60.1 Å². The van der Waals surface area contributed by atoms with Crippen LogP contribution in [-0.4, -0.2) is 18.9 Å². The van der Waals surface area contributed by atoms with Crippen LogP contribution in [0, 0.1) is 0 Å². The second-order valence-corrected chi connectivity index (χ2v) is 7.45. The molecule has 0 aliphatic heterocycles. The van der Waals surface area contributed by atoms with Gasteiger partial charge < -0.3 is 4.40 Å². The molecule has 0 aliphatic rings. The van der Waals surface area contributed by atoms with Gasteiger partial charge in [0.15, 0.2) is 5.16 Å². The molecule has 0 unspecified atom stereocenters. The first-order valence-corrected chi connectivity index (χ1v) is 9.69. The van der Waals surface area contributed by atoms with Crippen LogP contribution in [0.25, 0.3) is 16.6 Å². The predicted molar refractivity (Wildman–Crippen MR) is 104 cm³/mol. The Morgan fingerprint density at radius 3 is 2.80 bits per heavy atom. The number of fused-ring (bicyclic) bond motifs is 2. The van der Waals surface area contributed by atoms with Gasteiger partial charge in [-0.05, 0) is 47.1 Å². The molecule has 0 fully saturated rings. The molecule has 0 N–H and O–H groups in total. The fourth-order valence-corrected chi connectivity index (χ4v) is 4.06. The maximum absolute atomic E-state index is 12.7. The second kappa shape index (κ2) is 6.65. The van der Waals surface area contributed by atoms with Crippen molar-refractivity contribution in [3.63, 3.8) is 0 Å². The standard InChI is InChI=1S/C18H15BrN4OS/c1-2-23-17(24)14-5-3-4-6-15(14)21-18(23)25-11-13-10-22-9-12(19)7-8-16(22)20-13/h3-10H,2,11H2,1H3. The molecular weight excluding hydrogens is 400 g/mol. The van der Waals surface area contributed by atoms with Crippen LogP contribution in [0.5, 0.6) is 0 Å². The molecule has 4 rings (SSSR count). The zero-order valence-electron chi connectivity index (χ0n) is 13.5. The topological polar surface area (TPSA) is 52.2 Å². The molecule has 0 bridgehead atoms. The highest BCUT2D eigenvalue weighted by molar-refractivity contribution is 9.10. The number of thioether (sulfide) groups is 1. The number of nitrogens with zero attached hydrogens (tertiary/aromatic N) is 4. The molecule has 0 saturated heterocycles. The second-order valence-electron chi connectivity index (χ2n) is 5.59. The SMILES string of the molecule is CCn1c(SCc2cn3cc(Br)ccc3n2)nc2ccccc2c1=O. The molecule has 0 spiro atoms. The number of benzene rings is 1. The largest absolute Gasteiger partial charge is 0.306 e. The van der Waals surface area contributed by atoms with Crippen molar-refractivity contribution >= 4 is 44.2 Å². The third-order valence-electron chi connectivity index (χ3n) is 3.96. The molecule has 25 heavy (non-hydrogen) atoms. The van der Waals surface area contributed by atoms with Gasteiger partial charge in [0.2, 0.25) is 0 Å². The number of para-hydroxylation sites is 1. The van der Waals surface area contributed by atoms with Crippen LogP contribution in [-0.2, 0) is 12.3 Å². The summed E-state index contributed by atoms with van der Waals surface area (Å²) in [6.45, 7) is 2.56. The molecule has 4 aromatic rings. The van der Waals surface area contributed by atoms with Crippen LogP contribution in [0.4, 0.5) is 0 Å². The Hall–Kier alpha value is -2.12. The summed E-state index contributed by atoms with van der Waals surface area (Å²) in [5.41, 5.74) is 2.60. The van der Waals surface area contributed by atoms with Gasteiger partial charge in [0.05, 0.1) is 16.6 Å². The van der Waals surface area contributed by atoms with Crippen molar-refractivity contribution in [3.05, 3.63) is 69.3 Å². The number of pyridine rings is 1. The lowest BCUT2D eigenvalue weighted by Gasteiger charge is -2.10. The van der Waals surface area contributed by atoms with Gasteiger partial charge in [0.25, 0.3) is 5.56 Å². The van der Waals surface area contributed by atoms with Gasteiger partial charge in [0.1, 0.15) is 5.65 Å². The van der Waals surface area contributed by atoms with Crippen LogP contribution in [0.1, 0.15) is 12.6 Å². The highest BCUT2D eigenvalue weighted by atomic mass is 79.9. The molecule has 0 saturated carbocycles. The van der Waals surface area contributed by atoms with Crippen molar-refractivity contribution in [2.75, 3.05) is 0 Å². The molecule has 3 aromatic heterocycles. The Morgan fingerprint density at radius 2 is 1.96 bits per heavy atom. The van der Waals surface area contributed by atoms with E-state index in [-0.39, 0.29) is 5.56 Å². The Bertz CT molecular complexity index is 1140. The fourth-order valence-electron chi connectivity index (χ4n) is 2.76. The molecular formula is C18H15BrN4OS. The highest BCUT2D eigenvalue weighted by Gasteiger charge is 2.11. The van der Waals surface area contributed by atoms with Crippen LogP contribution >= 0.6 is 27.7 Å². The van der Waals surface area contributed by atoms with Gasteiger partial charge in [-0.1, -0.05) is 23.9 Å². The lowest BCUT2D eigenvalue weighted by atomic mass is 10.2. The zero-order valence-corrected chi connectivity index (χ0v) is 15.9. The molecule has 5 nitrogen and oxygen atoms in total. The summed E-state index contributed by atoms with van der Waals surface area (Å²) in [5.74, 6) is 0.657. The number of rotatable bonds is 4. The fraction of sp³-hybridized carbons (Fsp3) is 0.167. The van der Waals surface area contributed by atoms with Crippen molar-refractivity contribution in [1.29, 1.82) is 0 Å². The van der Waals surface area contributed by atoms with Gasteiger partial charge >= 0.3 is 0 Å². The summed E-state index contributed by atoms with van der Waals surface area (Å²) in [4.78, 5) is 21.9. The normalized spacial score (nSPS) is 11.4. The molecule has 0 atom stereocenters. The third kappa shape index (κ3) is 3.09. The minimum atomic E-state index is 0.00883. The number of imidazole rings is 1. The van der Waals surface area contributed by atoms with E-state index in [1.54, 1.807) is 4.57 Å². The first kappa shape index (κ1) is 16.4. The van der Waals surface area contributed by atoms with E-state index in [0.717, 1.165) is 26.5 Å².